The molecule has 5 heteroatoms. The highest BCUT2D eigenvalue weighted by Crippen LogP contribution is 2.33. The molecule has 0 saturated heterocycles. The van der Waals surface area contributed by atoms with E-state index in [1.54, 1.807) is 0 Å². The Labute approximate surface area is 66.0 Å². The van der Waals surface area contributed by atoms with Crippen LogP contribution < -0.4 is 0 Å². The molecule has 66 valence electrons. The van der Waals surface area contributed by atoms with Crippen molar-refractivity contribution in [2.45, 2.75) is 11.8 Å². The van der Waals surface area contributed by atoms with Gasteiger partial charge in [0.15, 0.2) is 0 Å². The molecule has 0 fully saturated rings. The van der Waals surface area contributed by atoms with Crippen molar-refractivity contribution >= 4 is 5.78 Å². The van der Waals surface area contributed by atoms with Crippen LogP contribution in [0.25, 0.3) is 0 Å². The third-order valence-electron chi connectivity index (χ3n) is 1.50. The van der Waals surface area contributed by atoms with Gasteiger partial charge in [0, 0.05) is 0 Å². The molecule has 1 rings (SSSR count). The number of halogens is 3. The molecule has 1 aliphatic carbocycles. The molecule has 0 spiro atoms. The molecule has 0 radical (unpaired) electrons. The monoisotopic (exact) mass is 178 g/mol. The average molecular weight is 178 g/mol. The first-order valence-corrected chi connectivity index (χ1v) is 3.07. The second-order valence-electron chi connectivity index (χ2n) is 2.35. The van der Waals surface area contributed by atoms with Crippen LogP contribution in [0.1, 0.15) is 0 Å². The minimum absolute atomic E-state index is 0.426. The Bertz CT molecular complexity index is 264. The fraction of sp³-hybridized carbons (Fsp3) is 0.286. The highest BCUT2D eigenvalue weighted by Gasteiger charge is 2.57. The van der Waals surface area contributed by atoms with Crippen molar-refractivity contribution in [3.05, 3.63) is 24.3 Å². The van der Waals surface area contributed by atoms with Crippen molar-refractivity contribution in [3.63, 3.8) is 0 Å². The summed E-state index contributed by atoms with van der Waals surface area (Å²) in [4.78, 5) is 10.7. The van der Waals surface area contributed by atoms with Gasteiger partial charge in [0.05, 0.1) is 0 Å². The first kappa shape index (κ1) is 8.99. The van der Waals surface area contributed by atoms with Crippen molar-refractivity contribution < 1.29 is 23.1 Å². The lowest BCUT2D eigenvalue weighted by Crippen LogP contribution is -2.50. The predicted molar refractivity (Wildman–Crippen MR) is 34.3 cm³/mol. The van der Waals surface area contributed by atoms with Crippen LogP contribution in [0, 0.1) is 0 Å². The summed E-state index contributed by atoms with van der Waals surface area (Å²) < 4.78 is 36.1. The molecule has 1 N–H and O–H groups in total. The second-order valence-corrected chi connectivity index (χ2v) is 2.35. The fourth-order valence-electron chi connectivity index (χ4n) is 0.781. The van der Waals surface area contributed by atoms with E-state index in [0.717, 1.165) is 12.2 Å². The minimum Gasteiger partial charge on any atom is -0.370 e. The molecule has 2 nitrogen and oxygen atoms in total. The molecular weight excluding hydrogens is 173 g/mol. The van der Waals surface area contributed by atoms with E-state index in [0.29, 0.717) is 12.2 Å². The lowest BCUT2D eigenvalue weighted by molar-refractivity contribution is -0.231. The van der Waals surface area contributed by atoms with Gasteiger partial charge >= 0.3 is 6.18 Å². The van der Waals surface area contributed by atoms with E-state index in [9.17, 15) is 18.0 Å². The maximum absolute atomic E-state index is 12.0. The molecule has 0 bridgehead atoms. The van der Waals surface area contributed by atoms with Gasteiger partial charge < -0.3 is 5.11 Å². The third-order valence-corrected chi connectivity index (χ3v) is 1.50. The number of hydrogen-bond donors (Lipinski definition) is 1. The molecule has 12 heavy (non-hydrogen) atoms. The molecule has 0 heterocycles. The quantitative estimate of drug-likeness (QED) is 0.600. The number of hydrogen-bond acceptors (Lipinski definition) is 2. The highest BCUT2D eigenvalue weighted by atomic mass is 19.4. The Morgan fingerprint density at radius 1 is 1.33 bits per heavy atom. The molecule has 0 aromatic rings. The smallest absolute Gasteiger partial charge is 0.370 e. The lowest BCUT2D eigenvalue weighted by Gasteiger charge is -2.25. The number of carbonyl (C=O) groups is 1. The van der Waals surface area contributed by atoms with E-state index in [1.165, 1.54) is 0 Å². The molecule has 1 aliphatic rings. The van der Waals surface area contributed by atoms with Gasteiger partial charge in [-0.1, -0.05) is 12.2 Å². The SMILES string of the molecule is O=C1C=CC=CC1(O)C(F)(F)F. The van der Waals surface area contributed by atoms with Crippen LogP contribution >= 0.6 is 0 Å². The molecule has 1 unspecified atom stereocenters. The Morgan fingerprint density at radius 2 is 1.92 bits per heavy atom. The van der Waals surface area contributed by atoms with Crippen LogP contribution in [0.15, 0.2) is 24.3 Å². The van der Waals surface area contributed by atoms with Crippen molar-refractivity contribution in [3.8, 4) is 0 Å². The molecule has 0 amide bonds. The highest BCUT2D eigenvalue weighted by molar-refractivity contribution is 6.00. The number of ketones is 1. The van der Waals surface area contributed by atoms with Crippen LogP contribution in [0.2, 0.25) is 0 Å². The summed E-state index contributed by atoms with van der Waals surface area (Å²) in [5.41, 5.74) is -3.33. The number of alkyl halides is 3. The summed E-state index contributed by atoms with van der Waals surface area (Å²) in [5.74, 6) is -1.36. The molecule has 1 atom stereocenters. The Hall–Kier alpha value is -1.10. The Morgan fingerprint density at radius 3 is 2.25 bits per heavy atom. The molecule has 0 aromatic heterocycles. The van der Waals surface area contributed by atoms with Gasteiger partial charge in [-0.3, -0.25) is 4.79 Å². The maximum atomic E-state index is 12.0. The zero-order valence-electron chi connectivity index (χ0n) is 5.80. The zero-order chi connectivity index (χ0) is 9.41. The van der Waals surface area contributed by atoms with E-state index in [4.69, 9.17) is 5.11 Å². The van der Waals surface area contributed by atoms with Crippen LogP contribution in [0.3, 0.4) is 0 Å². The number of aliphatic hydroxyl groups is 1. The molecular formula is C7H5F3O2. The van der Waals surface area contributed by atoms with Crippen LogP contribution in [0.4, 0.5) is 13.2 Å². The van der Waals surface area contributed by atoms with Crippen LogP contribution in [-0.2, 0) is 4.79 Å². The van der Waals surface area contributed by atoms with Gasteiger partial charge in [-0.05, 0) is 12.2 Å². The van der Waals surface area contributed by atoms with E-state index in [1.807, 2.05) is 0 Å². The van der Waals surface area contributed by atoms with Gasteiger partial charge in [-0.15, -0.1) is 0 Å². The normalized spacial score (nSPS) is 29.5. The molecule has 0 saturated carbocycles. The van der Waals surface area contributed by atoms with E-state index in [2.05, 4.69) is 0 Å². The Kier molecular flexibility index (Phi) is 1.83. The summed E-state index contributed by atoms with van der Waals surface area (Å²) in [5, 5.41) is 8.86. The average Bonchev–Trinajstić information content (AvgIpc) is 1.93. The predicted octanol–water partition coefficient (Wildman–Crippen LogP) is 0.975. The molecule has 0 aliphatic heterocycles. The van der Waals surface area contributed by atoms with E-state index < -0.39 is 17.6 Å². The first-order valence-electron chi connectivity index (χ1n) is 3.07. The number of carbonyl (C=O) groups excluding carboxylic acids is 1. The summed E-state index contributed by atoms with van der Waals surface area (Å²) in [6, 6.07) is 0. The number of rotatable bonds is 0. The van der Waals surface area contributed by atoms with Gasteiger partial charge in [0.2, 0.25) is 11.4 Å². The maximum Gasteiger partial charge on any atom is 0.428 e. The second kappa shape index (κ2) is 2.45. The first-order chi connectivity index (χ1) is 5.38. The summed E-state index contributed by atoms with van der Waals surface area (Å²) >= 11 is 0. The summed E-state index contributed by atoms with van der Waals surface area (Å²) in [6.45, 7) is 0. The van der Waals surface area contributed by atoms with Crippen molar-refractivity contribution in [2.24, 2.45) is 0 Å². The molecule has 0 aromatic carbocycles. The Balaban J connectivity index is 3.07. The fourth-order valence-corrected chi connectivity index (χ4v) is 0.781. The van der Waals surface area contributed by atoms with Crippen LogP contribution in [-0.4, -0.2) is 22.7 Å². The van der Waals surface area contributed by atoms with Gasteiger partial charge in [-0.25, -0.2) is 0 Å². The van der Waals surface area contributed by atoms with Crippen molar-refractivity contribution in [1.82, 2.24) is 0 Å². The van der Waals surface area contributed by atoms with Gasteiger partial charge in [0.25, 0.3) is 0 Å². The third kappa shape index (κ3) is 1.16. The standard InChI is InChI=1S/C7H5F3O2/c8-7(9,10)6(12)4-2-1-3-5(6)11/h1-4,12H. The zero-order valence-corrected chi connectivity index (χ0v) is 5.80. The topological polar surface area (TPSA) is 37.3 Å². The van der Waals surface area contributed by atoms with Gasteiger partial charge in [0.1, 0.15) is 0 Å². The summed E-state index contributed by atoms with van der Waals surface area (Å²) in [6.07, 6.45) is -1.72. The minimum atomic E-state index is -4.95. The van der Waals surface area contributed by atoms with Crippen LogP contribution in [0.5, 0.6) is 0 Å². The van der Waals surface area contributed by atoms with Gasteiger partial charge in [-0.2, -0.15) is 13.2 Å². The van der Waals surface area contributed by atoms with Crippen molar-refractivity contribution in [2.75, 3.05) is 0 Å². The number of allylic oxidation sites excluding steroid dienone is 2. The van der Waals surface area contributed by atoms with E-state index in [-0.39, 0.29) is 0 Å². The summed E-state index contributed by atoms with van der Waals surface area (Å²) in [7, 11) is 0. The van der Waals surface area contributed by atoms with E-state index >= 15 is 0 Å². The van der Waals surface area contributed by atoms with Crippen molar-refractivity contribution in [1.29, 1.82) is 0 Å². The lowest BCUT2D eigenvalue weighted by atomic mass is 9.93. The largest absolute Gasteiger partial charge is 0.428 e.